The molecule has 1 aliphatic rings. The summed E-state index contributed by atoms with van der Waals surface area (Å²) in [5, 5.41) is 0. The van der Waals surface area contributed by atoms with Crippen LogP contribution >= 0.6 is 0 Å². The zero-order valence-electron chi connectivity index (χ0n) is 8.13. The SMILES string of the molecule is CCCC(N)C1CCCC(N)C1. The average Bonchev–Trinajstić information content (AvgIpc) is 2.05. The molecular weight excluding hydrogens is 148 g/mol. The molecular formula is C10H22N2. The van der Waals surface area contributed by atoms with Crippen molar-refractivity contribution in [2.45, 2.75) is 57.5 Å². The van der Waals surface area contributed by atoms with Crippen molar-refractivity contribution in [3.8, 4) is 0 Å². The lowest BCUT2D eigenvalue weighted by Gasteiger charge is -2.30. The van der Waals surface area contributed by atoms with E-state index in [9.17, 15) is 0 Å². The molecule has 3 unspecified atom stereocenters. The van der Waals surface area contributed by atoms with Crippen LogP contribution in [-0.4, -0.2) is 12.1 Å². The van der Waals surface area contributed by atoms with Crippen LogP contribution in [0.4, 0.5) is 0 Å². The quantitative estimate of drug-likeness (QED) is 0.676. The predicted octanol–water partition coefficient (Wildman–Crippen LogP) is 1.63. The molecule has 4 N–H and O–H groups in total. The van der Waals surface area contributed by atoms with E-state index in [1.165, 1.54) is 25.7 Å². The highest BCUT2D eigenvalue weighted by atomic mass is 14.7. The van der Waals surface area contributed by atoms with Gasteiger partial charge in [-0.25, -0.2) is 0 Å². The molecule has 72 valence electrons. The lowest BCUT2D eigenvalue weighted by atomic mass is 9.80. The van der Waals surface area contributed by atoms with E-state index in [2.05, 4.69) is 6.92 Å². The maximum absolute atomic E-state index is 6.07. The second-order valence-corrected chi connectivity index (χ2v) is 4.14. The molecule has 0 radical (unpaired) electrons. The average molecular weight is 170 g/mol. The lowest BCUT2D eigenvalue weighted by molar-refractivity contribution is 0.269. The highest BCUT2D eigenvalue weighted by Gasteiger charge is 2.23. The summed E-state index contributed by atoms with van der Waals surface area (Å²) in [6.07, 6.45) is 7.30. The molecule has 0 aromatic carbocycles. The van der Waals surface area contributed by atoms with Crippen molar-refractivity contribution in [2.75, 3.05) is 0 Å². The number of nitrogens with two attached hydrogens (primary N) is 2. The van der Waals surface area contributed by atoms with E-state index in [1.807, 2.05) is 0 Å². The maximum atomic E-state index is 6.07. The summed E-state index contributed by atoms with van der Waals surface area (Å²) < 4.78 is 0. The van der Waals surface area contributed by atoms with Crippen molar-refractivity contribution < 1.29 is 0 Å². The van der Waals surface area contributed by atoms with Gasteiger partial charge in [0.2, 0.25) is 0 Å². The van der Waals surface area contributed by atoms with Gasteiger partial charge in [-0.1, -0.05) is 19.8 Å². The molecule has 2 heteroatoms. The molecule has 1 rings (SSSR count). The van der Waals surface area contributed by atoms with E-state index in [-0.39, 0.29) is 0 Å². The van der Waals surface area contributed by atoms with Crippen molar-refractivity contribution in [1.29, 1.82) is 0 Å². The van der Waals surface area contributed by atoms with Gasteiger partial charge in [0, 0.05) is 12.1 Å². The Morgan fingerprint density at radius 1 is 1.42 bits per heavy atom. The fraction of sp³-hybridized carbons (Fsp3) is 1.00. The fourth-order valence-electron chi connectivity index (χ4n) is 2.22. The van der Waals surface area contributed by atoms with Crippen molar-refractivity contribution in [3.05, 3.63) is 0 Å². The second-order valence-electron chi connectivity index (χ2n) is 4.14. The van der Waals surface area contributed by atoms with Gasteiger partial charge in [0.1, 0.15) is 0 Å². The van der Waals surface area contributed by atoms with Gasteiger partial charge in [-0.3, -0.25) is 0 Å². The Bertz CT molecular complexity index is 125. The lowest BCUT2D eigenvalue weighted by Crippen LogP contribution is -2.37. The Kier molecular flexibility index (Phi) is 4.02. The molecule has 12 heavy (non-hydrogen) atoms. The van der Waals surface area contributed by atoms with Crippen molar-refractivity contribution >= 4 is 0 Å². The van der Waals surface area contributed by atoms with E-state index >= 15 is 0 Å². The summed E-state index contributed by atoms with van der Waals surface area (Å²) in [5.74, 6) is 0.702. The van der Waals surface area contributed by atoms with Crippen LogP contribution in [-0.2, 0) is 0 Å². The summed E-state index contributed by atoms with van der Waals surface area (Å²) in [6.45, 7) is 2.20. The first kappa shape index (κ1) is 10.0. The molecule has 0 bridgehead atoms. The third kappa shape index (κ3) is 2.76. The molecule has 1 aliphatic carbocycles. The van der Waals surface area contributed by atoms with Gasteiger partial charge < -0.3 is 11.5 Å². The molecule has 1 fully saturated rings. The summed E-state index contributed by atoms with van der Waals surface area (Å²) in [4.78, 5) is 0. The smallest absolute Gasteiger partial charge is 0.00676 e. The molecule has 2 nitrogen and oxygen atoms in total. The molecule has 3 atom stereocenters. The van der Waals surface area contributed by atoms with E-state index in [0.717, 1.165) is 12.8 Å². The largest absolute Gasteiger partial charge is 0.328 e. The molecule has 0 heterocycles. The minimum atomic E-state index is 0.404. The van der Waals surface area contributed by atoms with Crippen LogP contribution in [0.1, 0.15) is 45.4 Å². The molecule has 0 amide bonds. The van der Waals surface area contributed by atoms with E-state index in [1.54, 1.807) is 0 Å². The van der Waals surface area contributed by atoms with Crippen LogP contribution in [0.2, 0.25) is 0 Å². The molecule has 0 saturated heterocycles. The van der Waals surface area contributed by atoms with Gasteiger partial charge in [0.25, 0.3) is 0 Å². The van der Waals surface area contributed by atoms with Gasteiger partial charge in [-0.15, -0.1) is 0 Å². The summed E-state index contributed by atoms with van der Waals surface area (Å²) >= 11 is 0. The van der Waals surface area contributed by atoms with Crippen LogP contribution in [0, 0.1) is 5.92 Å². The van der Waals surface area contributed by atoms with Crippen LogP contribution in [0.3, 0.4) is 0 Å². The Morgan fingerprint density at radius 2 is 2.17 bits per heavy atom. The zero-order valence-corrected chi connectivity index (χ0v) is 8.13. The Balaban J connectivity index is 2.29. The van der Waals surface area contributed by atoms with Crippen LogP contribution in [0.5, 0.6) is 0 Å². The monoisotopic (exact) mass is 170 g/mol. The van der Waals surface area contributed by atoms with Gasteiger partial charge in [0.15, 0.2) is 0 Å². The molecule has 0 spiro atoms. The Hall–Kier alpha value is -0.0800. The third-order valence-electron chi connectivity index (χ3n) is 2.98. The van der Waals surface area contributed by atoms with E-state index in [0.29, 0.717) is 18.0 Å². The maximum Gasteiger partial charge on any atom is 0.00676 e. The Morgan fingerprint density at radius 3 is 2.75 bits per heavy atom. The van der Waals surface area contributed by atoms with Crippen LogP contribution in [0.15, 0.2) is 0 Å². The summed E-state index contributed by atoms with van der Waals surface area (Å²) in [5.41, 5.74) is 12.0. The van der Waals surface area contributed by atoms with Gasteiger partial charge >= 0.3 is 0 Å². The normalized spacial score (nSPS) is 33.2. The van der Waals surface area contributed by atoms with Crippen molar-refractivity contribution in [2.24, 2.45) is 17.4 Å². The number of hydrogen-bond acceptors (Lipinski definition) is 2. The predicted molar refractivity (Wildman–Crippen MR) is 52.8 cm³/mol. The van der Waals surface area contributed by atoms with Gasteiger partial charge in [0.05, 0.1) is 0 Å². The number of hydrogen-bond donors (Lipinski definition) is 2. The first-order valence-electron chi connectivity index (χ1n) is 5.25. The molecule has 0 aliphatic heterocycles. The topological polar surface area (TPSA) is 52.0 Å². The highest BCUT2D eigenvalue weighted by Crippen LogP contribution is 2.26. The molecule has 0 aromatic rings. The minimum absolute atomic E-state index is 0.404. The first-order chi connectivity index (χ1) is 5.74. The van der Waals surface area contributed by atoms with E-state index in [4.69, 9.17) is 11.5 Å². The fourth-order valence-corrected chi connectivity index (χ4v) is 2.22. The van der Waals surface area contributed by atoms with Gasteiger partial charge in [-0.05, 0) is 31.6 Å². The van der Waals surface area contributed by atoms with Crippen molar-refractivity contribution in [1.82, 2.24) is 0 Å². The number of rotatable bonds is 3. The first-order valence-corrected chi connectivity index (χ1v) is 5.25. The second kappa shape index (κ2) is 4.83. The van der Waals surface area contributed by atoms with Gasteiger partial charge in [-0.2, -0.15) is 0 Å². The highest BCUT2D eigenvalue weighted by molar-refractivity contribution is 4.81. The minimum Gasteiger partial charge on any atom is -0.328 e. The third-order valence-corrected chi connectivity index (χ3v) is 2.98. The van der Waals surface area contributed by atoms with Crippen molar-refractivity contribution in [3.63, 3.8) is 0 Å². The van der Waals surface area contributed by atoms with Crippen LogP contribution in [0.25, 0.3) is 0 Å². The zero-order chi connectivity index (χ0) is 8.97. The Labute approximate surface area is 75.7 Å². The molecule has 0 aromatic heterocycles. The summed E-state index contributed by atoms with van der Waals surface area (Å²) in [6, 6.07) is 0.827. The standard InChI is InChI=1S/C10H22N2/c1-2-4-10(12)8-5-3-6-9(11)7-8/h8-10H,2-7,11-12H2,1H3. The van der Waals surface area contributed by atoms with Crippen LogP contribution < -0.4 is 11.5 Å². The summed E-state index contributed by atoms with van der Waals surface area (Å²) in [7, 11) is 0. The molecule has 1 saturated carbocycles. The van der Waals surface area contributed by atoms with E-state index < -0.39 is 0 Å².